The Labute approximate surface area is 109 Å². The molecule has 1 rings (SSSR count). The van der Waals surface area contributed by atoms with E-state index in [9.17, 15) is 19.7 Å². The number of rotatable bonds is 6. The van der Waals surface area contributed by atoms with E-state index in [1.807, 2.05) is 0 Å². The van der Waals surface area contributed by atoms with Gasteiger partial charge in [-0.25, -0.2) is 4.79 Å². The maximum Gasteiger partial charge on any atom is 0.337 e. The number of benzene rings is 1. The second-order valence-electron chi connectivity index (χ2n) is 3.44. The van der Waals surface area contributed by atoms with Crippen LogP contribution in [0.4, 0.5) is 0 Å². The number of nitrogens with one attached hydrogen (secondary N) is 1. The summed E-state index contributed by atoms with van der Waals surface area (Å²) < 4.78 is 4.54. The lowest BCUT2D eigenvalue weighted by atomic mass is 10.1. The smallest absolute Gasteiger partial charge is 0.337 e. The van der Waals surface area contributed by atoms with Crippen molar-refractivity contribution >= 4 is 18.0 Å². The molecule has 7 heteroatoms. The number of aldehydes is 1. The van der Waals surface area contributed by atoms with E-state index in [1.165, 1.54) is 31.4 Å². The minimum Gasteiger partial charge on any atom is -0.465 e. The summed E-state index contributed by atoms with van der Waals surface area (Å²) in [5.74, 6) is -0.493. The monoisotopic (exact) mass is 264 g/mol. The van der Waals surface area contributed by atoms with Gasteiger partial charge in [0.1, 0.15) is 12.0 Å². The minimum absolute atomic E-state index is 0.0432. The largest absolute Gasteiger partial charge is 0.465 e. The molecule has 0 aliphatic carbocycles. The van der Waals surface area contributed by atoms with Crippen molar-refractivity contribution in [3.8, 4) is 0 Å². The number of nitrogens with zero attached hydrogens (tertiary/aromatic N) is 1. The van der Waals surface area contributed by atoms with E-state index in [0.29, 0.717) is 17.4 Å². The molecule has 0 atom stereocenters. The van der Waals surface area contributed by atoms with E-state index in [1.54, 1.807) is 0 Å². The molecule has 0 saturated carbocycles. The van der Waals surface area contributed by atoms with Crippen molar-refractivity contribution in [1.29, 1.82) is 0 Å². The number of hydrogen-bond acceptors (Lipinski definition) is 6. The SMILES string of the molecule is COC(=O)c1ccc(/C(=C/[N+](=O)[O-])NCC=O)cc1. The van der Waals surface area contributed by atoms with Crippen molar-refractivity contribution in [2.24, 2.45) is 0 Å². The Kier molecular flexibility index (Phi) is 5.21. The van der Waals surface area contributed by atoms with Crippen LogP contribution < -0.4 is 5.32 Å². The lowest BCUT2D eigenvalue weighted by Crippen LogP contribution is -2.16. The van der Waals surface area contributed by atoms with Crippen molar-refractivity contribution in [2.45, 2.75) is 0 Å². The summed E-state index contributed by atoms with van der Waals surface area (Å²) in [4.78, 5) is 31.4. The van der Waals surface area contributed by atoms with Crippen molar-refractivity contribution < 1.29 is 19.2 Å². The molecule has 0 bridgehead atoms. The average Bonchev–Trinajstić information content (AvgIpc) is 2.42. The number of ether oxygens (including phenoxy) is 1. The van der Waals surface area contributed by atoms with Crippen LogP contribution in [0.15, 0.2) is 30.5 Å². The summed E-state index contributed by atoms with van der Waals surface area (Å²) in [6.07, 6.45) is 1.35. The first-order chi connectivity index (χ1) is 9.08. The lowest BCUT2D eigenvalue weighted by molar-refractivity contribution is -0.401. The van der Waals surface area contributed by atoms with Gasteiger partial charge in [-0.05, 0) is 12.1 Å². The van der Waals surface area contributed by atoms with Gasteiger partial charge < -0.3 is 14.8 Å². The Bertz CT molecular complexity index is 507. The quantitative estimate of drug-likeness (QED) is 0.354. The van der Waals surface area contributed by atoms with E-state index in [0.717, 1.165) is 6.20 Å². The Morgan fingerprint density at radius 2 is 1.95 bits per heavy atom. The highest BCUT2D eigenvalue weighted by molar-refractivity contribution is 5.89. The third-order valence-electron chi connectivity index (χ3n) is 2.23. The number of nitro groups is 1. The fourth-order valence-corrected chi connectivity index (χ4v) is 1.38. The summed E-state index contributed by atoms with van der Waals surface area (Å²) in [5.41, 5.74) is 1.02. The van der Waals surface area contributed by atoms with E-state index < -0.39 is 10.9 Å². The molecule has 0 saturated heterocycles. The number of methoxy groups -OCH3 is 1. The predicted molar refractivity (Wildman–Crippen MR) is 66.8 cm³/mol. The predicted octanol–water partition coefficient (Wildman–Crippen LogP) is 0.837. The van der Waals surface area contributed by atoms with Crippen LogP contribution in [0.1, 0.15) is 15.9 Å². The zero-order valence-corrected chi connectivity index (χ0v) is 10.2. The molecule has 0 spiro atoms. The number of carbonyl (C=O) groups is 2. The molecule has 19 heavy (non-hydrogen) atoms. The van der Waals surface area contributed by atoms with Gasteiger partial charge >= 0.3 is 5.97 Å². The van der Waals surface area contributed by atoms with Gasteiger partial charge in [-0.15, -0.1) is 0 Å². The van der Waals surface area contributed by atoms with Gasteiger partial charge in [0.25, 0.3) is 6.20 Å². The molecule has 0 aliphatic rings. The van der Waals surface area contributed by atoms with E-state index in [2.05, 4.69) is 10.1 Å². The standard InChI is InChI=1S/C12H12N2O5/c1-19-12(16)10-4-2-9(3-5-10)11(8-14(17)18)13-6-7-15/h2-5,7-8,13H,6H2,1H3/b11-8-. The maximum absolute atomic E-state index is 11.2. The third-order valence-corrected chi connectivity index (χ3v) is 2.23. The van der Waals surface area contributed by atoms with Crippen LogP contribution in [0.5, 0.6) is 0 Å². The van der Waals surface area contributed by atoms with Crippen LogP contribution in [-0.4, -0.2) is 30.8 Å². The highest BCUT2D eigenvalue weighted by atomic mass is 16.6. The van der Waals surface area contributed by atoms with Crippen LogP contribution in [-0.2, 0) is 9.53 Å². The number of esters is 1. The zero-order chi connectivity index (χ0) is 14.3. The van der Waals surface area contributed by atoms with E-state index >= 15 is 0 Å². The molecule has 0 unspecified atom stereocenters. The molecular formula is C12H12N2O5. The fraction of sp³-hybridized carbons (Fsp3) is 0.167. The van der Waals surface area contributed by atoms with Crippen LogP contribution in [0.3, 0.4) is 0 Å². The van der Waals surface area contributed by atoms with Crippen LogP contribution in [0.2, 0.25) is 0 Å². The first kappa shape index (κ1) is 14.4. The Morgan fingerprint density at radius 3 is 2.42 bits per heavy atom. The van der Waals surface area contributed by atoms with Gasteiger partial charge in [0.15, 0.2) is 0 Å². The van der Waals surface area contributed by atoms with Gasteiger partial charge in [0, 0.05) is 5.56 Å². The zero-order valence-electron chi connectivity index (χ0n) is 10.2. The van der Waals surface area contributed by atoms with Crippen molar-refractivity contribution in [3.63, 3.8) is 0 Å². The molecule has 1 aromatic carbocycles. The molecule has 0 amide bonds. The van der Waals surface area contributed by atoms with Gasteiger partial charge in [0.2, 0.25) is 0 Å². The normalized spacial score (nSPS) is 10.7. The molecule has 100 valence electrons. The van der Waals surface area contributed by atoms with Crippen molar-refractivity contribution in [1.82, 2.24) is 5.32 Å². The van der Waals surface area contributed by atoms with Gasteiger partial charge in [0.05, 0.1) is 24.1 Å². The second kappa shape index (κ2) is 6.90. The van der Waals surface area contributed by atoms with Crippen LogP contribution >= 0.6 is 0 Å². The Balaban J connectivity index is 3.00. The maximum atomic E-state index is 11.2. The van der Waals surface area contributed by atoms with Crippen molar-refractivity contribution in [2.75, 3.05) is 13.7 Å². The highest BCUT2D eigenvalue weighted by Crippen LogP contribution is 2.13. The van der Waals surface area contributed by atoms with Gasteiger partial charge in [-0.3, -0.25) is 10.1 Å². The molecular weight excluding hydrogens is 252 g/mol. The Hall–Kier alpha value is -2.70. The molecule has 7 nitrogen and oxygen atoms in total. The summed E-state index contributed by atoms with van der Waals surface area (Å²) in [7, 11) is 1.26. The van der Waals surface area contributed by atoms with Crippen LogP contribution in [0, 0.1) is 10.1 Å². The fourth-order valence-electron chi connectivity index (χ4n) is 1.38. The Morgan fingerprint density at radius 1 is 1.37 bits per heavy atom. The van der Waals surface area contributed by atoms with Gasteiger partial charge in [-0.1, -0.05) is 12.1 Å². The molecule has 0 fully saturated rings. The summed E-state index contributed by atoms with van der Waals surface area (Å²) >= 11 is 0. The number of hydrogen-bond donors (Lipinski definition) is 1. The third kappa shape index (κ3) is 4.23. The molecule has 0 aromatic heterocycles. The summed E-state index contributed by atoms with van der Waals surface area (Å²) in [6, 6.07) is 6.02. The molecule has 1 aromatic rings. The first-order valence-corrected chi connectivity index (χ1v) is 5.30. The molecule has 0 aliphatic heterocycles. The summed E-state index contributed by atoms with van der Waals surface area (Å²) in [6.45, 7) is -0.0432. The molecule has 0 heterocycles. The van der Waals surface area contributed by atoms with E-state index in [-0.39, 0.29) is 12.2 Å². The first-order valence-electron chi connectivity index (χ1n) is 5.30. The van der Waals surface area contributed by atoms with E-state index in [4.69, 9.17) is 0 Å². The topological polar surface area (TPSA) is 98.5 Å². The van der Waals surface area contributed by atoms with Gasteiger partial charge in [-0.2, -0.15) is 0 Å². The van der Waals surface area contributed by atoms with Crippen molar-refractivity contribution in [3.05, 3.63) is 51.7 Å². The average molecular weight is 264 g/mol. The molecule has 0 radical (unpaired) electrons. The highest BCUT2D eigenvalue weighted by Gasteiger charge is 2.09. The minimum atomic E-state index is -0.624. The van der Waals surface area contributed by atoms with Crippen LogP contribution in [0.25, 0.3) is 5.70 Å². The summed E-state index contributed by atoms with van der Waals surface area (Å²) in [5, 5.41) is 13.1. The second-order valence-corrected chi connectivity index (χ2v) is 3.44. The number of carbonyl (C=O) groups excluding carboxylic acids is 2. The molecule has 1 N–H and O–H groups in total. The lowest BCUT2D eigenvalue weighted by Gasteiger charge is -2.06.